The van der Waals surface area contributed by atoms with Crippen LogP contribution in [-0.4, -0.2) is 25.3 Å². The van der Waals surface area contributed by atoms with Crippen LogP contribution in [0.15, 0.2) is 18.2 Å². The lowest BCUT2D eigenvalue weighted by molar-refractivity contribution is -0.156. The summed E-state index contributed by atoms with van der Waals surface area (Å²) in [7, 11) is 1.54. The molecule has 0 bridgehead atoms. The molecule has 0 spiro atoms. The summed E-state index contributed by atoms with van der Waals surface area (Å²) in [5.74, 6) is 0.772. The van der Waals surface area contributed by atoms with E-state index in [1.165, 1.54) is 6.92 Å². The van der Waals surface area contributed by atoms with Crippen molar-refractivity contribution in [2.24, 2.45) is 0 Å². The van der Waals surface area contributed by atoms with E-state index in [-0.39, 0.29) is 12.6 Å². The second-order valence-electron chi connectivity index (χ2n) is 4.55. The minimum absolute atomic E-state index is 0.229. The number of hydrogen-bond acceptors (Lipinski definition) is 5. The number of esters is 1. The minimum atomic E-state index is -0.696. The third kappa shape index (κ3) is 4.16. The first kappa shape index (κ1) is 14.2. The molecule has 0 aromatic heterocycles. The Balaban J connectivity index is 2.71. The van der Waals surface area contributed by atoms with Crippen molar-refractivity contribution in [2.45, 2.75) is 26.4 Å². The zero-order valence-electron chi connectivity index (χ0n) is 11.1. The fourth-order valence-electron chi connectivity index (χ4n) is 1.47. The minimum Gasteiger partial charge on any atom is -0.493 e. The molecule has 0 amide bonds. The Kier molecular flexibility index (Phi) is 4.42. The first-order chi connectivity index (χ1) is 8.34. The summed E-state index contributed by atoms with van der Waals surface area (Å²) in [6.45, 7) is 5.15. The van der Waals surface area contributed by atoms with E-state index < -0.39 is 5.60 Å². The van der Waals surface area contributed by atoms with Gasteiger partial charge in [-0.3, -0.25) is 4.79 Å². The SMILES string of the molecule is COc1cc(N)ccc1OCC(C)(C)OC(C)=O. The molecule has 0 heterocycles. The molecule has 0 unspecified atom stereocenters. The Bertz CT molecular complexity index is 429. The number of ether oxygens (including phenoxy) is 3. The fraction of sp³-hybridized carbons (Fsp3) is 0.462. The van der Waals surface area contributed by atoms with Gasteiger partial charge in [-0.2, -0.15) is 0 Å². The molecule has 18 heavy (non-hydrogen) atoms. The van der Waals surface area contributed by atoms with Crippen LogP contribution in [0.3, 0.4) is 0 Å². The molecular weight excluding hydrogens is 234 g/mol. The molecule has 0 aliphatic rings. The average molecular weight is 253 g/mol. The maximum absolute atomic E-state index is 10.9. The van der Waals surface area contributed by atoms with Crippen molar-refractivity contribution in [3.05, 3.63) is 18.2 Å². The highest BCUT2D eigenvalue weighted by molar-refractivity contribution is 5.66. The number of nitrogens with two attached hydrogens (primary N) is 1. The molecular formula is C13H19NO4. The molecule has 0 aliphatic carbocycles. The Labute approximate surface area is 107 Å². The number of carbonyl (C=O) groups excluding carboxylic acids is 1. The number of anilines is 1. The summed E-state index contributed by atoms with van der Waals surface area (Å²) in [6.07, 6.45) is 0. The Morgan fingerprint density at radius 3 is 2.56 bits per heavy atom. The predicted molar refractivity (Wildman–Crippen MR) is 68.7 cm³/mol. The van der Waals surface area contributed by atoms with Gasteiger partial charge in [-0.05, 0) is 26.0 Å². The average Bonchev–Trinajstić information content (AvgIpc) is 2.25. The lowest BCUT2D eigenvalue weighted by Crippen LogP contribution is -2.34. The lowest BCUT2D eigenvalue weighted by atomic mass is 10.1. The molecule has 1 aromatic rings. The maximum atomic E-state index is 10.9. The molecule has 1 rings (SSSR count). The van der Waals surface area contributed by atoms with E-state index >= 15 is 0 Å². The number of benzene rings is 1. The highest BCUT2D eigenvalue weighted by Gasteiger charge is 2.23. The number of rotatable bonds is 5. The number of carbonyl (C=O) groups is 1. The van der Waals surface area contributed by atoms with Gasteiger partial charge in [0.15, 0.2) is 11.5 Å². The maximum Gasteiger partial charge on any atom is 0.303 e. The molecule has 5 nitrogen and oxygen atoms in total. The van der Waals surface area contributed by atoms with Crippen LogP contribution >= 0.6 is 0 Å². The zero-order chi connectivity index (χ0) is 13.8. The van der Waals surface area contributed by atoms with Crippen molar-refractivity contribution in [1.82, 2.24) is 0 Å². The topological polar surface area (TPSA) is 70.8 Å². The molecule has 0 saturated heterocycles. The molecule has 100 valence electrons. The summed E-state index contributed by atoms with van der Waals surface area (Å²) in [5, 5.41) is 0. The summed E-state index contributed by atoms with van der Waals surface area (Å²) in [6, 6.07) is 5.11. The van der Waals surface area contributed by atoms with Crippen LogP contribution in [0, 0.1) is 0 Å². The molecule has 0 fully saturated rings. The van der Waals surface area contributed by atoms with Crippen LogP contribution in [0.4, 0.5) is 5.69 Å². The van der Waals surface area contributed by atoms with Crippen molar-refractivity contribution < 1.29 is 19.0 Å². The monoisotopic (exact) mass is 253 g/mol. The van der Waals surface area contributed by atoms with Crippen LogP contribution in [0.25, 0.3) is 0 Å². The Hall–Kier alpha value is -1.91. The first-order valence-electron chi connectivity index (χ1n) is 5.60. The lowest BCUT2D eigenvalue weighted by Gasteiger charge is -2.24. The number of methoxy groups -OCH3 is 1. The molecule has 0 saturated carbocycles. The zero-order valence-corrected chi connectivity index (χ0v) is 11.1. The number of nitrogen functional groups attached to an aromatic ring is 1. The third-order valence-corrected chi connectivity index (χ3v) is 2.18. The largest absolute Gasteiger partial charge is 0.493 e. The summed E-state index contributed by atoms with van der Waals surface area (Å²) in [4.78, 5) is 10.9. The summed E-state index contributed by atoms with van der Waals surface area (Å²) in [5.41, 5.74) is 5.55. The molecule has 2 N–H and O–H groups in total. The van der Waals surface area contributed by atoms with Crippen LogP contribution in [0.5, 0.6) is 11.5 Å². The normalized spacial score (nSPS) is 10.9. The van der Waals surface area contributed by atoms with E-state index in [0.29, 0.717) is 17.2 Å². The predicted octanol–water partition coefficient (Wildman–Crippen LogP) is 2.00. The molecule has 0 radical (unpaired) electrons. The van der Waals surface area contributed by atoms with Crippen LogP contribution < -0.4 is 15.2 Å². The Morgan fingerprint density at radius 1 is 1.33 bits per heavy atom. The van der Waals surface area contributed by atoms with Crippen molar-refractivity contribution >= 4 is 11.7 Å². The van der Waals surface area contributed by atoms with E-state index in [1.54, 1.807) is 39.2 Å². The standard InChI is InChI=1S/C13H19NO4/c1-9(15)18-13(2,3)8-17-11-6-5-10(14)7-12(11)16-4/h5-7H,8,14H2,1-4H3. The second-order valence-corrected chi connectivity index (χ2v) is 4.55. The van der Waals surface area contributed by atoms with E-state index in [0.717, 1.165) is 0 Å². The highest BCUT2D eigenvalue weighted by atomic mass is 16.6. The van der Waals surface area contributed by atoms with Gasteiger partial charge in [0.05, 0.1) is 7.11 Å². The van der Waals surface area contributed by atoms with Gasteiger partial charge in [-0.15, -0.1) is 0 Å². The quantitative estimate of drug-likeness (QED) is 0.642. The van der Waals surface area contributed by atoms with E-state index in [9.17, 15) is 4.79 Å². The van der Waals surface area contributed by atoms with Crippen molar-refractivity contribution in [1.29, 1.82) is 0 Å². The van der Waals surface area contributed by atoms with E-state index in [2.05, 4.69) is 0 Å². The van der Waals surface area contributed by atoms with Crippen LogP contribution in [0.1, 0.15) is 20.8 Å². The van der Waals surface area contributed by atoms with Gasteiger partial charge in [0.1, 0.15) is 12.2 Å². The Morgan fingerprint density at radius 2 is 2.00 bits per heavy atom. The van der Waals surface area contributed by atoms with Crippen LogP contribution in [0.2, 0.25) is 0 Å². The van der Waals surface area contributed by atoms with E-state index in [1.807, 2.05) is 0 Å². The van der Waals surface area contributed by atoms with Gasteiger partial charge in [0, 0.05) is 18.7 Å². The highest BCUT2D eigenvalue weighted by Crippen LogP contribution is 2.29. The fourth-order valence-corrected chi connectivity index (χ4v) is 1.47. The van der Waals surface area contributed by atoms with Gasteiger partial charge < -0.3 is 19.9 Å². The van der Waals surface area contributed by atoms with E-state index in [4.69, 9.17) is 19.9 Å². The molecule has 1 aromatic carbocycles. The number of hydrogen-bond donors (Lipinski definition) is 1. The van der Waals surface area contributed by atoms with Gasteiger partial charge in [-0.25, -0.2) is 0 Å². The first-order valence-corrected chi connectivity index (χ1v) is 5.60. The summed E-state index contributed by atoms with van der Waals surface area (Å²) < 4.78 is 15.9. The second kappa shape index (κ2) is 5.62. The van der Waals surface area contributed by atoms with Crippen LogP contribution in [-0.2, 0) is 9.53 Å². The molecule has 0 atom stereocenters. The molecule has 5 heteroatoms. The van der Waals surface area contributed by atoms with Crippen molar-refractivity contribution in [2.75, 3.05) is 19.5 Å². The smallest absolute Gasteiger partial charge is 0.303 e. The summed E-state index contributed by atoms with van der Waals surface area (Å²) >= 11 is 0. The van der Waals surface area contributed by atoms with Gasteiger partial charge in [0.2, 0.25) is 0 Å². The van der Waals surface area contributed by atoms with Gasteiger partial charge in [-0.1, -0.05) is 0 Å². The van der Waals surface area contributed by atoms with Crippen molar-refractivity contribution in [3.8, 4) is 11.5 Å². The van der Waals surface area contributed by atoms with Crippen molar-refractivity contribution in [3.63, 3.8) is 0 Å². The third-order valence-electron chi connectivity index (χ3n) is 2.18. The van der Waals surface area contributed by atoms with Gasteiger partial charge in [0.25, 0.3) is 0 Å². The van der Waals surface area contributed by atoms with Gasteiger partial charge >= 0.3 is 5.97 Å². The molecule has 0 aliphatic heterocycles.